The number of benzene rings is 1. The molecule has 0 fully saturated rings. The fraction of sp³-hybridized carbons (Fsp3) is 0.357. The number of rotatable bonds is 5. The van der Waals surface area contributed by atoms with Gasteiger partial charge in [-0.05, 0) is 30.2 Å². The Balaban J connectivity index is 2.95. The van der Waals surface area contributed by atoms with Gasteiger partial charge in [-0.15, -0.1) is 0 Å². The molecule has 0 saturated heterocycles. The first-order chi connectivity index (χ1) is 9.40. The van der Waals surface area contributed by atoms with Crippen LogP contribution in [0.3, 0.4) is 0 Å². The van der Waals surface area contributed by atoms with Crippen molar-refractivity contribution >= 4 is 12.0 Å². The van der Waals surface area contributed by atoms with Gasteiger partial charge in [0.15, 0.2) is 6.10 Å². The molecule has 0 aliphatic carbocycles. The van der Waals surface area contributed by atoms with Crippen molar-refractivity contribution in [1.29, 1.82) is 0 Å². The predicted octanol–water partition coefficient (Wildman–Crippen LogP) is 0.797. The molecule has 1 aromatic rings. The second kappa shape index (κ2) is 6.93. The van der Waals surface area contributed by atoms with E-state index in [2.05, 4.69) is 4.74 Å². The molecule has 0 heterocycles. The molecule has 1 rings (SSSR count). The first kappa shape index (κ1) is 16.0. The standard InChI is InChI=1S/C14H18O6/c1-8-4-5-9(7-11(8)19-2)6-10(15)12(16)13(17)14(18)20-3/h4-7,12-13,15-17H,1-3H3/b10-6-. The summed E-state index contributed by atoms with van der Waals surface area (Å²) in [5.74, 6) is -0.956. The molecule has 2 unspecified atom stereocenters. The van der Waals surface area contributed by atoms with Crippen LogP contribution >= 0.6 is 0 Å². The van der Waals surface area contributed by atoms with E-state index >= 15 is 0 Å². The summed E-state index contributed by atoms with van der Waals surface area (Å²) in [6.07, 6.45) is -2.36. The van der Waals surface area contributed by atoms with Gasteiger partial charge in [-0.1, -0.05) is 12.1 Å². The van der Waals surface area contributed by atoms with Crippen molar-refractivity contribution in [2.24, 2.45) is 0 Å². The summed E-state index contributed by atoms with van der Waals surface area (Å²) in [5, 5.41) is 28.8. The van der Waals surface area contributed by atoms with E-state index in [0.717, 1.165) is 12.7 Å². The Labute approximate surface area is 116 Å². The lowest BCUT2D eigenvalue weighted by Crippen LogP contribution is -2.36. The molecule has 0 radical (unpaired) electrons. The highest BCUT2D eigenvalue weighted by molar-refractivity contribution is 5.75. The molecule has 20 heavy (non-hydrogen) atoms. The van der Waals surface area contributed by atoms with Crippen LogP contribution in [0.1, 0.15) is 11.1 Å². The van der Waals surface area contributed by atoms with E-state index < -0.39 is 23.9 Å². The van der Waals surface area contributed by atoms with Gasteiger partial charge < -0.3 is 24.8 Å². The maximum Gasteiger partial charge on any atom is 0.337 e. The molecule has 0 aliphatic rings. The van der Waals surface area contributed by atoms with Gasteiger partial charge in [-0.25, -0.2) is 4.79 Å². The van der Waals surface area contributed by atoms with Crippen LogP contribution < -0.4 is 4.74 Å². The number of carbonyl (C=O) groups is 1. The predicted molar refractivity (Wildman–Crippen MR) is 72.4 cm³/mol. The molecule has 2 atom stereocenters. The van der Waals surface area contributed by atoms with Gasteiger partial charge >= 0.3 is 5.97 Å². The van der Waals surface area contributed by atoms with Gasteiger partial charge in [0, 0.05) is 0 Å². The second-order valence-corrected chi connectivity index (χ2v) is 4.21. The molecule has 110 valence electrons. The monoisotopic (exact) mass is 282 g/mol. The van der Waals surface area contributed by atoms with Crippen molar-refractivity contribution in [1.82, 2.24) is 0 Å². The minimum Gasteiger partial charge on any atom is -0.509 e. The molecule has 0 amide bonds. The molecule has 0 bridgehead atoms. The summed E-state index contributed by atoms with van der Waals surface area (Å²) in [7, 11) is 2.59. The zero-order valence-corrected chi connectivity index (χ0v) is 11.5. The highest BCUT2D eigenvalue weighted by atomic mass is 16.5. The highest BCUT2D eigenvalue weighted by Crippen LogP contribution is 2.21. The number of methoxy groups -OCH3 is 2. The van der Waals surface area contributed by atoms with Crippen LogP contribution in [0.5, 0.6) is 5.75 Å². The summed E-state index contributed by atoms with van der Waals surface area (Å²) >= 11 is 0. The minimum absolute atomic E-state index is 0.547. The van der Waals surface area contributed by atoms with Crippen LogP contribution in [-0.2, 0) is 9.53 Å². The van der Waals surface area contributed by atoms with E-state index in [1.54, 1.807) is 18.2 Å². The van der Waals surface area contributed by atoms with Crippen molar-refractivity contribution in [3.63, 3.8) is 0 Å². The smallest absolute Gasteiger partial charge is 0.337 e. The van der Waals surface area contributed by atoms with Crippen molar-refractivity contribution in [2.75, 3.05) is 14.2 Å². The third-order valence-electron chi connectivity index (χ3n) is 2.79. The van der Waals surface area contributed by atoms with Gasteiger partial charge in [0.1, 0.15) is 17.6 Å². The Morgan fingerprint density at radius 2 is 1.90 bits per heavy atom. The fourth-order valence-corrected chi connectivity index (χ4v) is 1.59. The van der Waals surface area contributed by atoms with E-state index in [4.69, 9.17) is 4.74 Å². The summed E-state index contributed by atoms with van der Waals surface area (Å²) in [5.41, 5.74) is 1.47. The molecule has 6 nitrogen and oxygen atoms in total. The molecule has 0 aromatic heterocycles. The summed E-state index contributed by atoms with van der Waals surface area (Å²) in [4.78, 5) is 11.1. The number of hydrogen-bond acceptors (Lipinski definition) is 6. The Morgan fingerprint density at radius 3 is 2.45 bits per heavy atom. The van der Waals surface area contributed by atoms with Crippen LogP contribution in [0.15, 0.2) is 24.0 Å². The van der Waals surface area contributed by atoms with Crippen LogP contribution in [0, 0.1) is 6.92 Å². The topological polar surface area (TPSA) is 96.2 Å². The average Bonchev–Trinajstić information content (AvgIpc) is 2.46. The van der Waals surface area contributed by atoms with Gasteiger partial charge in [0.2, 0.25) is 0 Å². The molecule has 0 aliphatic heterocycles. The van der Waals surface area contributed by atoms with Gasteiger partial charge in [0.25, 0.3) is 0 Å². The van der Waals surface area contributed by atoms with Crippen LogP contribution in [0.25, 0.3) is 6.08 Å². The van der Waals surface area contributed by atoms with E-state index in [9.17, 15) is 20.1 Å². The van der Waals surface area contributed by atoms with Gasteiger partial charge in [-0.2, -0.15) is 0 Å². The molecule has 3 N–H and O–H groups in total. The Kier molecular flexibility index (Phi) is 5.54. The van der Waals surface area contributed by atoms with E-state index in [-0.39, 0.29) is 0 Å². The molecular formula is C14H18O6. The summed E-state index contributed by atoms with van der Waals surface area (Å²) in [6, 6.07) is 5.13. The Morgan fingerprint density at radius 1 is 1.25 bits per heavy atom. The molecular weight excluding hydrogens is 264 g/mol. The number of ether oxygens (including phenoxy) is 2. The largest absolute Gasteiger partial charge is 0.509 e. The number of esters is 1. The number of hydrogen-bond donors (Lipinski definition) is 3. The molecule has 1 aromatic carbocycles. The summed E-state index contributed by atoms with van der Waals surface area (Å²) in [6.45, 7) is 1.86. The second-order valence-electron chi connectivity index (χ2n) is 4.21. The van der Waals surface area contributed by atoms with Crippen molar-refractivity contribution in [3.8, 4) is 5.75 Å². The normalized spacial score (nSPS) is 14.6. The lowest BCUT2D eigenvalue weighted by atomic mass is 10.1. The summed E-state index contributed by atoms with van der Waals surface area (Å²) < 4.78 is 9.41. The van der Waals surface area contributed by atoms with Crippen LogP contribution in [-0.4, -0.2) is 47.7 Å². The lowest BCUT2D eigenvalue weighted by molar-refractivity contribution is -0.156. The maximum atomic E-state index is 11.1. The fourth-order valence-electron chi connectivity index (χ4n) is 1.59. The zero-order valence-electron chi connectivity index (χ0n) is 11.5. The van der Waals surface area contributed by atoms with E-state index in [1.807, 2.05) is 6.92 Å². The SMILES string of the molecule is COC(=O)C(O)C(O)/C(O)=C/c1ccc(C)c(OC)c1. The maximum absolute atomic E-state index is 11.1. The van der Waals surface area contributed by atoms with Crippen LogP contribution in [0.2, 0.25) is 0 Å². The number of aryl methyl sites for hydroxylation is 1. The Bertz CT molecular complexity index is 508. The lowest BCUT2D eigenvalue weighted by Gasteiger charge is -2.15. The molecule has 6 heteroatoms. The first-order valence-corrected chi connectivity index (χ1v) is 5.89. The zero-order chi connectivity index (χ0) is 15.3. The molecule has 0 spiro atoms. The Hall–Kier alpha value is -2.05. The number of aliphatic hydroxyl groups excluding tert-OH is 3. The minimum atomic E-state index is -1.84. The third-order valence-corrected chi connectivity index (χ3v) is 2.79. The average molecular weight is 282 g/mol. The third kappa shape index (κ3) is 3.72. The van der Waals surface area contributed by atoms with Gasteiger partial charge in [0.05, 0.1) is 14.2 Å². The quantitative estimate of drug-likeness (QED) is 0.546. The first-order valence-electron chi connectivity index (χ1n) is 5.89. The molecule has 0 saturated carbocycles. The van der Waals surface area contributed by atoms with Crippen molar-refractivity contribution in [3.05, 3.63) is 35.1 Å². The number of aliphatic hydroxyl groups is 3. The van der Waals surface area contributed by atoms with Crippen LogP contribution in [0.4, 0.5) is 0 Å². The van der Waals surface area contributed by atoms with Crippen molar-refractivity contribution in [2.45, 2.75) is 19.1 Å². The van der Waals surface area contributed by atoms with E-state index in [1.165, 1.54) is 13.2 Å². The number of carbonyl (C=O) groups excluding carboxylic acids is 1. The van der Waals surface area contributed by atoms with Crippen molar-refractivity contribution < 1.29 is 29.6 Å². The van der Waals surface area contributed by atoms with Gasteiger partial charge in [-0.3, -0.25) is 0 Å². The highest BCUT2D eigenvalue weighted by Gasteiger charge is 2.28. The van der Waals surface area contributed by atoms with E-state index in [0.29, 0.717) is 11.3 Å².